The molecule has 1 aliphatic carbocycles. The number of para-hydroxylation sites is 2. The standard InChI is InChI=1S/C17H26N2O/c18-17(9-4-1-5-10-17)11-13-19-12-6-14-20-16-8-3-2-7-15(16)19/h2-3,7-8H,1,4-6,9-14,18H2. The van der Waals surface area contributed by atoms with Crippen molar-refractivity contribution < 1.29 is 4.74 Å². The van der Waals surface area contributed by atoms with E-state index in [-0.39, 0.29) is 5.54 Å². The summed E-state index contributed by atoms with van der Waals surface area (Å²) in [6.07, 6.45) is 8.54. The second-order valence-electron chi connectivity index (χ2n) is 6.33. The highest BCUT2D eigenvalue weighted by molar-refractivity contribution is 5.58. The number of anilines is 1. The quantitative estimate of drug-likeness (QED) is 0.919. The molecule has 20 heavy (non-hydrogen) atoms. The minimum atomic E-state index is 0.0698. The molecule has 1 heterocycles. The normalized spacial score (nSPS) is 21.8. The Labute approximate surface area is 122 Å². The van der Waals surface area contributed by atoms with Crippen molar-refractivity contribution >= 4 is 5.69 Å². The summed E-state index contributed by atoms with van der Waals surface area (Å²) in [4.78, 5) is 2.46. The molecule has 110 valence electrons. The smallest absolute Gasteiger partial charge is 0.142 e. The van der Waals surface area contributed by atoms with Crippen LogP contribution < -0.4 is 15.4 Å². The van der Waals surface area contributed by atoms with Gasteiger partial charge in [0.1, 0.15) is 5.75 Å². The highest BCUT2D eigenvalue weighted by Gasteiger charge is 2.28. The Hall–Kier alpha value is -1.22. The van der Waals surface area contributed by atoms with Gasteiger partial charge in [0.05, 0.1) is 12.3 Å². The molecule has 1 aromatic carbocycles. The molecule has 0 spiro atoms. The second kappa shape index (κ2) is 6.04. The monoisotopic (exact) mass is 274 g/mol. The van der Waals surface area contributed by atoms with Crippen molar-refractivity contribution in [2.75, 3.05) is 24.6 Å². The summed E-state index contributed by atoms with van der Waals surface area (Å²) < 4.78 is 5.82. The summed E-state index contributed by atoms with van der Waals surface area (Å²) >= 11 is 0. The van der Waals surface area contributed by atoms with E-state index in [4.69, 9.17) is 10.5 Å². The highest BCUT2D eigenvalue weighted by atomic mass is 16.5. The summed E-state index contributed by atoms with van der Waals surface area (Å²) in [7, 11) is 0. The topological polar surface area (TPSA) is 38.5 Å². The number of benzene rings is 1. The lowest BCUT2D eigenvalue weighted by Crippen LogP contribution is -2.44. The third-order valence-electron chi connectivity index (χ3n) is 4.76. The van der Waals surface area contributed by atoms with Crippen molar-refractivity contribution in [1.29, 1.82) is 0 Å². The van der Waals surface area contributed by atoms with Gasteiger partial charge in [-0.3, -0.25) is 0 Å². The summed E-state index contributed by atoms with van der Waals surface area (Å²) in [6.45, 7) is 2.95. The molecule has 1 saturated carbocycles. The molecule has 0 amide bonds. The maximum atomic E-state index is 6.58. The molecule has 0 atom stereocenters. The van der Waals surface area contributed by atoms with E-state index in [1.807, 2.05) is 6.07 Å². The molecule has 1 aliphatic heterocycles. The second-order valence-corrected chi connectivity index (χ2v) is 6.33. The zero-order chi connectivity index (χ0) is 13.8. The fourth-order valence-corrected chi connectivity index (χ4v) is 3.49. The first-order valence-corrected chi connectivity index (χ1v) is 8.03. The maximum Gasteiger partial charge on any atom is 0.142 e. The van der Waals surface area contributed by atoms with Gasteiger partial charge in [-0.25, -0.2) is 0 Å². The van der Waals surface area contributed by atoms with Crippen molar-refractivity contribution in [2.45, 2.75) is 50.5 Å². The number of hydrogen-bond acceptors (Lipinski definition) is 3. The molecule has 0 bridgehead atoms. The van der Waals surface area contributed by atoms with E-state index in [1.165, 1.54) is 37.8 Å². The van der Waals surface area contributed by atoms with Gasteiger partial charge in [0.25, 0.3) is 0 Å². The predicted octanol–water partition coefficient (Wildman–Crippen LogP) is 3.33. The molecule has 1 aromatic rings. The largest absolute Gasteiger partial charge is 0.491 e. The Bertz CT molecular complexity index is 440. The van der Waals surface area contributed by atoms with E-state index < -0.39 is 0 Å². The van der Waals surface area contributed by atoms with Crippen LogP contribution in [0.15, 0.2) is 24.3 Å². The molecule has 2 N–H and O–H groups in total. The van der Waals surface area contributed by atoms with E-state index in [1.54, 1.807) is 0 Å². The zero-order valence-corrected chi connectivity index (χ0v) is 12.3. The van der Waals surface area contributed by atoms with E-state index >= 15 is 0 Å². The van der Waals surface area contributed by atoms with Crippen LogP contribution in [0.5, 0.6) is 5.75 Å². The predicted molar refractivity (Wildman–Crippen MR) is 83.4 cm³/mol. The first kappa shape index (κ1) is 13.7. The van der Waals surface area contributed by atoms with Gasteiger partial charge in [-0.05, 0) is 37.8 Å². The molecule has 3 nitrogen and oxygen atoms in total. The summed E-state index contributed by atoms with van der Waals surface area (Å²) in [5.41, 5.74) is 7.89. The molecule has 2 aliphatic rings. The Balaban J connectivity index is 1.67. The van der Waals surface area contributed by atoms with Gasteiger partial charge >= 0.3 is 0 Å². The number of nitrogens with zero attached hydrogens (tertiary/aromatic N) is 1. The average Bonchev–Trinajstić information content (AvgIpc) is 2.68. The van der Waals surface area contributed by atoms with E-state index in [0.717, 1.165) is 38.3 Å². The number of ether oxygens (including phenoxy) is 1. The van der Waals surface area contributed by atoms with Crippen LogP contribution in [0.25, 0.3) is 0 Å². The number of hydrogen-bond donors (Lipinski definition) is 1. The van der Waals surface area contributed by atoms with Crippen LogP contribution >= 0.6 is 0 Å². The van der Waals surface area contributed by atoms with E-state index in [0.29, 0.717) is 0 Å². The zero-order valence-electron chi connectivity index (χ0n) is 12.3. The molecule has 0 unspecified atom stereocenters. The minimum Gasteiger partial charge on any atom is -0.491 e. The molecule has 3 heteroatoms. The Kier molecular flexibility index (Phi) is 4.16. The Morgan fingerprint density at radius 3 is 2.75 bits per heavy atom. The lowest BCUT2D eigenvalue weighted by Gasteiger charge is -2.36. The number of rotatable bonds is 3. The van der Waals surface area contributed by atoms with Crippen LogP contribution in [0.3, 0.4) is 0 Å². The van der Waals surface area contributed by atoms with Crippen LogP contribution in [0.4, 0.5) is 5.69 Å². The van der Waals surface area contributed by atoms with Crippen molar-refractivity contribution in [1.82, 2.24) is 0 Å². The van der Waals surface area contributed by atoms with Gasteiger partial charge in [0, 0.05) is 18.6 Å². The Morgan fingerprint density at radius 1 is 1.10 bits per heavy atom. The van der Waals surface area contributed by atoms with Crippen LogP contribution in [0.1, 0.15) is 44.9 Å². The molecule has 0 radical (unpaired) electrons. The van der Waals surface area contributed by atoms with E-state index in [2.05, 4.69) is 23.1 Å². The molecule has 3 rings (SSSR count). The minimum absolute atomic E-state index is 0.0698. The molecule has 0 saturated heterocycles. The van der Waals surface area contributed by atoms with Gasteiger partial charge in [-0.15, -0.1) is 0 Å². The van der Waals surface area contributed by atoms with Crippen molar-refractivity contribution in [3.05, 3.63) is 24.3 Å². The van der Waals surface area contributed by atoms with Crippen LogP contribution in [0, 0.1) is 0 Å². The number of fused-ring (bicyclic) bond motifs is 1. The first-order valence-electron chi connectivity index (χ1n) is 8.03. The lowest BCUT2D eigenvalue weighted by molar-refractivity contribution is 0.279. The fraction of sp³-hybridized carbons (Fsp3) is 0.647. The molecular formula is C17H26N2O. The van der Waals surface area contributed by atoms with Crippen molar-refractivity contribution in [3.8, 4) is 5.75 Å². The summed E-state index contributed by atoms with van der Waals surface area (Å²) in [5, 5.41) is 0. The summed E-state index contributed by atoms with van der Waals surface area (Å²) in [5.74, 6) is 1.03. The van der Waals surface area contributed by atoms with Gasteiger partial charge in [-0.1, -0.05) is 31.4 Å². The fourth-order valence-electron chi connectivity index (χ4n) is 3.49. The Morgan fingerprint density at radius 2 is 1.90 bits per heavy atom. The van der Waals surface area contributed by atoms with Gasteiger partial charge in [0.2, 0.25) is 0 Å². The number of nitrogens with two attached hydrogens (primary N) is 1. The van der Waals surface area contributed by atoms with Crippen LogP contribution in [0.2, 0.25) is 0 Å². The molecular weight excluding hydrogens is 248 g/mol. The first-order chi connectivity index (χ1) is 9.77. The SMILES string of the molecule is NC1(CCN2CCCOc3ccccc32)CCCCC1. The average molecular weight is 274 g/mol. The van der Waals surface area contributed by atoms with Crippen LogP contribution in [-0.2, 0) is 0 Å². The summed E-state index contributed by atoms with van der Waals surface area (Å²) in [6, 6.07) is 8.39. The van der Waals surface area contributed by atoms with Crippen molar-refractivity contribution in [3.63, 3.8) is 0 Å². The van der Waals surface area contributed by atoms with E-state index in [9.17, 15) is 0 Å². The van der Waals surface area contributed by atoms with Gasteiger partial charge < -0.3 is 15.4 Å². The maximum absolute atomic E-state index is 6.58. The lowest BCUT2D eigenvalue weighted by atomic mass is 9.80. The molecule has 1 fully saturated rings. The third-order valence-corrected chi connectivity index (χ3v) is 4.76. The van der Waals surface area contributed by atoms with Gasteiger partial charge in [0.15, 0.2) is 0 Å². The van der Waals surface area contributed by atoms with Crippen molar-refractivity contribution in [2.24, 2.45) is 5.73 Å². The third kappa shape index (κ3) is 3.09. The highest BCUT2D eigenvalue weighted by Crippen LogP contribution is 2.33. The molecule has 0 aromatic heterocycles. The van der Waals surface area contributed by atoms with Gasteiger partial charge in [-0.2, -0.15) is 0 Å². The van der Waals surface area contributed by atoms with Crippen LogP contribution in [-0.4, -0.2) is 25.2 Å².